The fourth-order valence-corrected chi connectivity index (χ4v) is 6.11. The fourth-order valence-electron chi connectivity index (χ4n) is 4.46. The molecule has 0 fully saturated rings. The van der Waals surface area contributed by atoms with E-state index in [0.717, 1.165) is 18.5 Å². The Bertz CT molecular complexity index is 1120. The lowest BCUT2D eigenvalue weighted by Crippen LogP contribution is -2.16. The zero-order valence-electron chi connectivity index (χ0n) is 21.4. The zero-order valence-corrected chi connectivity index (χ0v) is 23.1. The first-order valence-electron chi connectivity index (χ1n) is 13.5. The molecule has 2 aromatic heterocycles. The molecular formula is C26H41N5O3S2. The van der Waals surface area contributed by atoms with Gasteiger partial charge >= 0.3 is 0 Å². The molecule has 3 rings (SSSR count). The Hall–Kier alpha value is -2.04. The van der Waals surface area contributed by atoms with Crippen molar-refractivity contribution in [2.45, 2.75) is 108 Å². The van der Waals surface area contributed by atoms with Crippen LogP contribution in [0.5, 0.6) is 0 Å². The molecule has 1 atom stereocenters. The van der Waals surface area contributed by atoms with Crippen molar-refractivity contribution >= 4 is 37.2 Å². The number of para-hydroxylation sites is 1. The van der Waals surface area contributed by atoms with E-state index in [4.69, 9.17) is 0 Å². The Balaban J connectivity index is 1.38. The molecule has 200 valence electrons. The SMILES string of the molecule is CCCCCCCCCCCCCCCCC(c1nnc2sc(Nc3ccccc3)nn12)S(=O)(=O)O. The van der Waals surface area contributed by atoms with Crippen molar-refractivity contribution in [3.8, 4) is 0 Å². The number of unbranched alkanes of at least 4 members (excludes halogenated alkanes) is 13. The average Bonchev–Trinajstić information content (AvgIpc) is 3.42. The number of nitrogens with zero attached hydrogens (tertiary/aromatic N) is 4. The third-order valence-electron chi connectivity index (χ3n) is 6.51. The van der Waals surface area contributed by atoms with E-state index >= 15 is 0 Å². The summed E-state index contributed by atoms with van der Waals surface area (Å²) in [5, 5.41) is 15.2. The first-order valence-corrected chi connectivity index (χ1v) is 15.8. The molecule has 3 aromatic rings. The molecule has 1 unspecified atom stereocenters. The summed E-state index contributed by atoms with van der Waals surface area (Å²) in [6.07, 6.45) is 17.5. The molecule has 36 heavy (non-hydrogen) atoms. The highest BCUT2D eigenvalue weighted by molar-refractivity contribution is 7.86. The maximum absolute atomic E-state index is 12.2. The van der Waals surface area contributed by atoms with E-state index in [0.29, 0.717) is 22.9 Å². The standard InChI is InChI=1S/C26H41N5O3S2/c1-2-3-4-5-6-7-8-9-10-11-12-13-14-18-21-23(36(32,33)34)24-28-29-26-31(24)30-25(35-26)27-22-19-16-15-17-20-22/h15-17,19-20,23H,2-14,18,21H2,1H3,(H,27,30)(H,32,33,34). The maximum atomic E-state index is 12.2. The fraction of sp³-hybridized carbons (Fsp3) is 0.654. The van der Waals surface area contributed by atoms with Crippen LogP contribution in [-0.2, 0) is 10.1 Å². The second-order valence-corrected chi connectivity index (χ2v) is 12.1. The summed E-state index contributed by atoms with van der Waals surface area (Å²) < 4.78 is 35.7. The number of aromatic nitrogens is 4. The minimum atomic E-state index is -4.33. The summed E-state index contributed by atoms with van der Waals surface area (Å²) in [5.41, 5.74) is 0.873. The van der Waals surface area contributed by atoms with E-state index in [9.17, 15) is 13.0 Å². The molecule has 1 aromatic carbocycles. The first-order chi connectivity index (χ1) is 17.5. The number of hydrogen-bond donors (Lipinski definition) is 2. The highest BCUT2D eigenvalue weighted by Gasteiger charge is 2.31. The lowest BCUT2D eigenvalue weighted by molar-refractivity contribution is 0.452. The Morgan fingerprint density at radius 1 is 0.861 bits per heavy atom. The Kier molecular flexibility index (Phi) is 12.1. The van der Waals surface area contributed by atoms with Gasteiger partial charge < -0.3 is 5.32 Å². The van der Waals surface area contributed by atoms with Crippen LogP contribution in [0.2, 0.25) is 0 Å². The van der Waals surface area contributed by atoms with Crippen molar-refractivity contribution in [1.82, 2.24) is 19.8 Å². The molecule has 10 heteroatoms. The van der Waals surface area contributed by atoms with Gasteiger partial charge in [0.1, 0.15) is 5.25 Å². The van der Waals surface area contributed by atoms with Gasteiger partial charge in [-0.3, -0.25) is 4.55 Å². The lowest BCUT2D eigenvalue weighted by Gasteiger charge is -2.11. The van der Waals surface area contributed by atoms with Gasteiger partial charge in [0.05, 0.1) is 0 Å². The van der Waals surface area contributed by atoms with Crippen molar-refractivity contribution in [1.29, 1.82) is 0 Å². The Morgan fingerprint density at radius 3 is 1.97 bits per heavy atom. The van der Waals surface area contributed by atoms with Crippen LogP contribution in [0.25, 0.3) is 4.96 Å². The van der Waals surface area contributed by atoms with Crippen LogP contribution in [0.3, 0.4) is 0 Å². The predicted octanol–water partition coefficient (Wildman–Crippen LogP) is 7.73. The number of hydrogen-bond acceptors (Lipinski definition) is 7. The van der Waals surface area contributed by atoms with E-state index in [1.165, 1.54) is 86.5 Å². The molecular weight excluding hydrogens is 494 g/mol. The van der Waals surface area contributed by atoms with Gasteiger partial charge in [0.25, 0.3) is 10.1 Å². The van der Waals surface area contributed by atoms with E-state index in [2.05, 4.69) is 27.5 Å². The number of fused-ring (bicyclic) bond motifs is 1. The van der Waals surface area contributed by atoms with Crippen LogP contribution >= 0.6 is 11.3 Å². The van der Waals surface area contributed by atoms with Crippen LogP contribution < -0.4 is 5.32 Å². The third kappa shape index (κ3) is 9.44. The summed E-state index contributed by atoms with van der Waals surface area (Å²) >= 11 is 1.28. The number of benzene rings is 1. The summed E-state index contributed by atoms with van der Waals surface area (Å²) in [6.45, 7) is 2.25. The molecule has 0 radical (unpaired) electrons. The van der Waals surface area contributed by atoms with Crippen molar-refractivity contribution < 1.29 is 13.0 Å². The van der Waals surface area contributed by atoms with Crippen LogP contribution in [0.15, 0.2) is 30.3 Å². The first kappa shape index (κ1) is 28.5. The molecule has 0 aliphatic rings. The second-order valence-electron chi connectivity index (χ2n) is 9.54. The molecule has 0 amide bonds. The van der Waals surface area contributed by atoms with E-state index in [-0.39, 0.29) is 5.82 Å². The maximum Gasteiger partial charge on any atom is 0.275 e. The number of nitrogens with one attached hydrogen (secondary N) is 1. The summed E-state index contributed by atoms with van der Waals surface area (Å²) in [7, 11) is -4.33. The van der Waals surface area contributed by atoms with Gasteiger partial charge in [0, 0.05) is 5.69 Å². The van der Waals surface area contributed by atoms with Gasteiger partial charge in [-0.25, -0.2) is 0 Å². The highest BCUT2D eigenvalue weighted by atomic mass is 32.2. The van der Waals surface area contributed by atoms with Gasteiger partial charge in [-0.05, 0) is 18.6 Å². The van der Waals surface area contributed by atoms with Crippen molar-refractivity contribution in [3.05, 3.63) is 36.2 Å². The molecule has 2 heterocycles. The molecule has 0 saturated carbocycles. The molecule has 0 spiro atoms. The second kappa shape index (κ2) is 15.3. The molecule has 0 bridgehead atoms. The highest BCUT2D eigenvalue weighted by Crippen LogP contribution is 2.30. The lowest BCUT2D eigenvalue weighted by atomic mass is 10.0. The quantitative estimate of drug-likeness (QED) is 0.119. The molecule has 2 N–H and O–H groups in total. The van der Waals surface area contributed by atoms with Crippen LogP contribution in [0.4, 0.5) is 10.8 Å². The minimum absolute atomic E-state index is 0.166. The van der Waals surface area contributed by atoms with Crippen LogP contribution in [0, 0.1) is 0 Å². The topological polar surface area (TPSA) is 109 Å². The summed E-state index contributed by atoms with van der Waals surface area (Å²) in [4.78, 5) is 0.484. The third-order valence-corrected chi connectivity index (χ3v) is 8.49. The van der Waals surface area contributed by atoms with Crippen molar-refractivity contribution in [3.63, 3.8) is 0 Å². The monoisotopic (exact) mass is 535 g/mol. The smallest absolute Gasteiger partial charge is 0.275 e. The molecule has 0 aliphatic heterocycles. The average molecular weight is 536 g/mol. The van der Waals surface area contributed by atoms with E-state index < -0.39 is 15.4 Å². The van der Waals surface area contributed by atoms with Crippen LogP contribution in [-0.4, -0.2) is 32.8 Å². The van der Waals surface area contributed by atoms with Crippen molar-refractivity contribution in [2.24, 2.45) is 0 Å². The van der Waals surface area contributed by atoms with E-state index in [1.54, 1.807) is 0 Å². The Morgan fingerprint density at radius 2 is 1.42 bits per heavy atom. The largest absolute Gasteiger partial charge is 0.330 e. The van der Waals surface area contributed by atoms with E-state index in [1.807, 2.05) is 30.3 Å². The van der Waals surface area contributed by atoms with Gasteiger partial charge in [0.15, 0.2) is 5.82 Å². The Labute approximate surface area is 219 Å². The predicted molar refractivity (Wildman–Crippen MR) is 148 cm³/mol. The number of rotatable bonds is 19. The van der Waals surface area contributed by atoms with Gasteiger partial charge in [-0.15, -0.1) is 15.3 Å². The summed E-state index contributed by atoms with van der Waals surface area (Å²) in [6, 6.07) is 9.59. The normalized spacial score (nSPS) is 12.8. The molecule has 8 nitrogen and oxygen atoms in total. The van der Waals surface area contributed by atoms with Crippen LogP contribution in [0.1, 0.15) is 114 Å². The minimum Gasteiger partial charge on any atom is -0.330 e. The number of anilines is 2. The molecule has 0 aliphatic carbocycles. The van der Waals surface area contributed by atoms with Gasteiger partial charge in [0.2, 0.25) is 10.1 Å². The van der Waals surface area contributed by atoms with Gasteiger partial charge in [-0.1, -0.05) is 126 Å². The van der Waals surface area contributed by atoms with Gasteiger partial charge in [-0.2, -0.15) is 12.9 Å². The van der Waals surface area contributed by atoms with Crippen molar-refractivity contribution in [2.75, 3.05) is 5.32 Å². The zero-order chi connectivity index (χ0) is 25.6. The molecule has 0 saturated heterocycles. The summed E-state index contributed by atoms with van der Waals surface area (Å²) in [5.74, 6) is 0.166.